The molecule has 1 aliphatic rings. The molecule has 11 heteroatoms. The second-order valence-electron chi connectivity index (χ2n) is 7.89. The lowest BCUT2D eigenvalue weighted by Gasteiger charge is -2.36. The van der Waals surface area contributed by atoms with Crippen LogP contribution in [-0.2, 0) is 14.8 Å². The van der Waals surface area contributed by atoms with Gasteiger partial charge in [0.1, 0.15) is 11.6 Å². The largest absolute Gasteiger partial charge is 0.394 e. The molecular weight excluding hydrogens is 456 g/mol. The van der Waals surface area contributed by atoms with Crippen LogP contribution in [0, 0.1) is 18.6 Å². The summed E-state index contributed by atoms with van der Waals surface area (Å²) in [4.78, 5) is 12.1. The number of aliphatic hydroxyl groups is 1. The SMILES string of the molecule is Cc1cccc(S(=O)(=O)N[C@@H]2CC[C@H](CCNC(=O)Nc3cc(F)ccc3F)O[C@@H]2CO)c1. The van der Waals surface area contributed by atoms with Crippen LogP contribution in [0.1, 0.15) is 24.8 Å². The van der Waals surface area contributed by atoms with Gasteiger partial charge in [-0.15, -0.1) is 0 Å². The second-order valence-corrected chi connectivity index (χ2v) is 9.61. The normalized spacial score (nSPS) is 20.9. The van der Waals surface area contributed by atoms with E-state index < -0.39 is 39.8 Å². The zero-order chi connectivity index (χ0) is 24.0. The van der Waals surface area contributed by atoms with E-state index in [0.717, 1.165) is 23.8 Å². The van der Waals surface area contributed by atoms with Gasteiger partial charge in [-0.05, 0) is 56.0 Å². The molecule has 4 N–H and O–H groups in total. The van der Waals surface area contributed by atoms with E-state index in [4.69, 9.17) is 4.74 Å². The third-order valence-electron chi connectivity index (χ3n) is 5.33. The molecule has 2 aromatic carbocycles. The summed E-state index contributed by atoms with van der Waals surface area (Å²) in [5.74, 6) is -1.43. The highest BCUT2D eigenvalue weighted by atomic mass is 32.2. The zero-order valence-electron chi connectivity index (χ0n) is 18.1. The van der Waals surface area contributed by atoms with Crippen molar-refractivity contribution in [1.29, 1.82) is 0 Å². The van der Waals surface area contributed by atoms with Crippen molar-refractivity contribution in [2.24, 2.45) is 0 Å². The van der Waals surface area contributed by atoms with Crippen molar-refractivity contribution in [2.45, 2.75) is 49.3 Å². The average Bonchev–Trinajstić information content (AvgIpc) is 2.77. The summed E-state index contributed by atoms with van der Waals surface area (Å²) in [6.45, 7) is 1.61. The molecule has 0 spiro atoms. The highest BCUT2D eigenvalue weighted by molar-refractivity contribution is 7.89. The lowest BCUT2D eigenvalue weighted by atomic mass is 9.98. The Balaban J connectivity index is 1.48. The Labute approximate surface area is 191 Å². The van der Waals surface area contributed by atoms with Crippen LogP contribution >= 0.6 is 0 Å². The summed E-state index contributed by atoms with van der Waals surface area (Å²) in [5, 5.41) is 14.5. The molecule has 1 heterocycles. The van der Waals surface area contributed by atoms with E-state index >= 15 is 0 Å². The van der Waals surface area contributed by atoms with Crippen molar-refractivity contribution >= 4 is 21.7 Å². The number of nitrogens with one attached hydrogen (secondary N) is 3. The van der Waals surface area contributed by atoms with E-state index in [0.29, 0.717) is 19.3 Å². The van der Waals surface area contributed by atoms with Gasteiger partial charge in [0.25, 0.3) is 0 Å². The first-order chi connectivity index (χ1) is 15.7. The molecule has 0 bridgehead atoms. The molecule has 8 nitrogen and oxygen atoms in total. The maximum absolute atomic E-state index is 13.6. The fraction of sp³-hybridized carbons (Fsp3) is 0.409. The Morgan fingerprint density at radius 2 is 1.97 bits per heavy atom. The van der Waals surface area contributed by atoms with Gasteiger partial charge in [0.05, 0.1) is 35.4 Å². The molecule has 1 fully saturated rings. The fourth-order valence-corrected chi connectivity index (χ4v) is 5.04. The predicted molar refractivity (Wildman–Crippen MR) is 118 cm³/mol. The van der Waals surface area contributed by atoms with Gasteiger partial charge in [-0.25, -0.2) is 26.7 Å². The highest BCUT2D eigenvalue weighted by Crippen LogP contribution is 2.23. The molecule has 1 saturated heterocycles. The highest BCUT2D eigenvalue weighted by Gasteiger charge is 2.33. The number of amides is 2. The summed E-state index contributed by atoms with van der Waals surface area (Å²) >= 11 is 0. The number of halogens is 2. The number of rotatable bonds is 8. The summed E-state index contributed by atoms with van der Waals surface area (Å²) in [5.41, 5.74) is 0.540. The quantitative estimate of drug-likeness (QED) is 0.461. The number of hydrogen-bond donors (Lipinski definition) is 4. The Bertz CT molecular complexity index is 1080. The number of ether oxygens (including phenoxy) is 1. The van der Waals surface area contributed by atoms with Crippen LogP contribution < -0.4 is 15.4 Å². The van der Waals surface area contributed by atoms with Gasteiger partial charge >= 0.3 is 6.03 Å². The van der Waals surface area contributed by atoms with Gasteiger partial charge in [-0.3, -0.25) is 0 Å². The zero-order valence-corrected chi connectivity index (χ0v) is 18.9. The molecule has 3 rings (SSSR count). The third-order valence-corrected chi connectivity index (χ3v) is 6.82. The van der Waals surface area contributed by atoms with E-state index in [1.54, 1.807) is 25.1 Å². The van der Waals surface area contributed by atoms with Crippen LogP contribution in [0.2, 0.25) is 0 Å². The monoisotopic (exact) mass is 483 g/mol. The maximum Gasteiger partial charge on any atom is 0.319 e. The number of aliphatic hydroxyl groups excluding tert-OH is 1. The molecule has 0 aromatic heterocycles. The lowest BCUT2D eigenvalue weighted by Crippen LogP contribution is -2.51. The van der Waals surface area contributed by atoms with Gasteiger partial charge in [0.2, 0.25) is 10.0 Å². The number of urea groups is 1. The lowest BCUT2D eigenvalue weighted by molar-refractivity contribution is -0.0871. The minimum absolute atomic E-state index is 0.145. The molecule has 0 saturated carbocycles. The summed E-state index contributed by atoms with van der Waals surface area (Å²) in [6.07, 6.45) is 0.306. The molecular formula is C22H27F2N3O5S. The first-order valence-electron chi connectivity index (χ1n) is 10.5. The summed E-state index contributed by atoms with van der Waals surface area (Å²) in [7, 11) is -3.77. The number of benzene rings is 2. The number of carbonyl (C=O) groups is 1. The minimum Gasteiger partial charge on any atom is -0.394 e. The topological polar surface area (TPSA) is 117 Å². The number of hydrogen-bond acceptors (Lipinski definition) is 5. The van der Waals surface area contributed by atoms with Crippen LogP contribution in [0.15, 0.2) is 47.4 Å². The molecule has 0 aliphatic carbocycles. The van der Waals surface area contributed by atoms with E-state index in [9.17, 15) is 27.1 Å². The van der Waals surface area contributed by atoms with Crippen LogP contribution in [0.4, 0.5) is 19.3 Å². The van der Waals surface area contributed by atoms with Gasteiger partial charge in [-0.1, -0.05) is 12.1 Å². The van der Waals surface area contributed by atoms with E-state index in [2.05, 4.69) is 15.4 Å². The van der Waals surface area contributed by atoms with Crippen molar-refractivity contribution in [3.8, 4) is 0 Å². The first-order valence-corrected chi connectivity index (χ1v) is 12.0. The standard InChI is InChI=1S/C22H27F2N3O5S/c1-14-3-2-4-17(11-14)33(30,31)27-19-8-6-16(32-21(19)13-28)9-10-25-22(29)26-20-12-15(23)5-7-18(20)24/h2-5,7,11-12,16,19,21,27-28H,6,8-10,13H2,1H3,(H2,25,26,29)/t16-,19-,21-/m1/s1. The maximum atomic E-state index is 13.6. The van der Waals surface area contributed by atoms with E-state index in [1.165, 1.54) is 6.07 Å². The molecule has 180 valence electrons. The average molecular weight is 484 g/mol. The van der Waals surface area contributed by atoms with E-state index in [-0.39, 0.29) is 29.8 Å². The predicted octanol–water partition coefficient (Wildman–Crippen LogP) is 2.67. The Kier molecular flexibility index (Phi) is 8.35. The van der Waals surface area contributed by atoms with Crippen molar-refractivity contribution in [3.63, 3.8) is 0 Å². The van der Waals surface area contributed by atoms with Crippen LogP contribution in [0.3, 0.4) is 0 Å². The number of carbonyl (C=O) groups excluding carboxylic acids is 1. The van der Waals surface area contributed by atoms with Crippen LogP contribution in [0.5, 0.6) is 0 Å². The van der Waals surface area contributed by atoms with Crippen molar-refractivity contribution in [2.75, 3.05) is 18.5 Å². The van der Waals surface area contributed by atoms with Crippen molar-refractivity contribution < 1.29 is 31.8 Å². The molecule has 0 radical (unpaired) electrons. The first kappa shape index (κ1) is 25.0. The minimum atomic E-state index is -3.77. The van der Waals surface area contributed by atoms with E-state index in [1.807, 2.05) is 0 Å². The number of sulfonamides is 1. The number of anilines is 1. The fourth-order valence-electron chi connectivity index (χ4n) is 3.64. The summed E-state index contributed by atoms with van der Waals surface area (Å²) < 4.78 is 60.6. The van der Waals surface area contributed by atoms with Gasteiger partial charge in [0, 0.05) is 12.6 Å². The Morgan fingerprint density at radius 3 is 2.70 bits per heavy atom. The Hall–Kier alpha value is -2.60. The molecule has 2 aromatic rings. The van der Waals surface area contributed by atoms with Gasteiger partial charge in [0.15, 0.2) is 0 Å². The molecule has 33 heavy (non-hydrogen) atoms. The van der Waals surface area contributed by atoms with Crippen molar-refractivity contribution in [1.82, 2.24) is 10.0 Å². The van der Waals surface area contributed by atoms with Crippen LogP contribution in [0.25, 0.3) is 0 Å². The van der Waals surface area contributed by atoms with Gasteiger partial charge < -0.3 is 20.5 Å². The molecule has 1 aliphatic heterocycles. The van der Waals surface area contributed by atoms with Crippen LogP contribution in [-0.4, -0.2) is 51.0 Å². The van der Waals surface area contributed by atoms with Crippen molar-refractivity contribution in [3.05, 3.63) is 59.7 Å². The third kappa shape index (κ3) is 6.94. The number of aryl methyl sites for hydroxylation is 1. The van der Waals surface area contributed by atoms with Gasteiger partial charge in [-0.2, -0.15) is 0 Å². The molecule has 3 atom stereocenters. The smallest absolute Gasteiger partial charge is 0.319 e. The second kappa shape index (κ2) is 11.0. The Morgan fingerprint density at radius 1 is 1.18 bits per heavy atom. The molecule has 2 amide bonds. The summed E-state index contributed by atoms with van der Waals surface area (Å²) in [6, 6.07) is 7.98. The molecule has 0 unspecified atom stereocenters.